The third kappa shape index (κ3) is 6.90. The maximum absolute atomic E-state index is 13.3. The molecule has 8 heteroatoms. The van der Waals surface area contributed by atoms with Crippen LogP contribution in [0.2, 0.25) is 18.1 Å². The molecule has 3 aromatic rings. The SMILES string of the molecule is CC[Si](C#Cc1ccc2cccc(CNC(=O)N3C[C@H](OC)C[C@H]3C(=O)NCc3cccnc3)c2c1)(CC)CC. The average Bonchev–Trinajstić information content (AvgIpc) is 3.45. The van der Waals surface area contributed by atoms with Crippen molar-refractivity contribution in [2.75, 3.05) is 13.7 Å². The van der Waals surface area contributed by atoms with Crippen molar-refractivity contribution in [3.63, 3.8) is 0 Å². The molecule has 1 aromatic heterocycles. The number of likely N-dealkylation sites (tertiary alicyclic amines) is 1. The number of methoxy groups -OCH3 is 1. The van der Waals surface area contributed by atoms with Crippen LogP contribution in [0.4, 0.5) is 4.79 Å². The Balaban J connectivity index is 1.47. The minimum atomic E-state index is -1.55. The second-order valence-corrected chi connectivity index (χ2v) is 15.4. The second kappa shape index (κ2) is 13.6. The molecular formula is C32H40N4O3Si. The molecule has 4 rings (SSSR count). The van der Waals surface area contributed by atoms with E-state index in [9.17, 15) is 9.59 Å². The average molecular weight is 557 g/mol. The molecular weight excluding hydrogens is 516 g/mol. The van der Waals surface area contributed by atoms with Gasteiger partial charge >= 0.3 is 6.03 Å². The summed E-state index contributed by atoms with van der Waals surface area (Å²) in [4.78, 5) is 32.1. The molecule has 0 saturated carbocycles. The zero-order chi connectivity index (χ0) is 28.5. The molecule has 0 unspecified atom stereocenters. The lowest BCUT2D eigenvalue weighted by atomic mass is 10.0. The van der Waals surface area contributed by atoms with Crippen molar-refractivity contribution in [1.82, 2.24) is 20.5 Å². The number of benzene rings is 2. The number of carbonyl (C=O) groups is 2. The van der Waals surface area contributed by atoms with E-state index in [1.54, 1.807) is 24.4 Å². The Morgan fingerprint density at radius 2 is 1.85 bits per heavy atom. The quantitative estimate of drug-likeness (QED) is 0.279. The summed E-state index contributed by atoms with van der Waals surface area (Å²) < 4.78 is 5.52. The third-order valence-electron chi connectivity index (χ3n) is 8.25. The Hall–Kier alpha value is -3.67. The monoisotopic (exact) mass is 556 g/mol. The summed E-state index contributed by atoms with van der Waals surface area (Å²) in [5.74, 6) is 3.28. The van der Waals surface area contributed by atoms with Gasteiger partial charge in [0.2, 0.25) is 5.91 Å². The van der Waals surface area contributed by atoms with E-state index in [0.29, 0.717) is 26.1 Å². The van der Waals surface area contributed by atoms with Gasteiger partial charge in [0.25, 0.3) is 0 Å². The second-order valence-electron chi connectivity index (χ2n) is 10.4. The fourth-order valence-electron chi connectivity index (χ4n) is 5.31. The van der Waals surface area contributed by atoms with Gasteiger partial charge in [0.1, 0.15) is 14.1 Å². The number of ether oxygens (including phenoxy) is 1. The first-order chi connectivity index (χ1) is 19.4. The molecule has 2 heterocycles. The van der Waals surface area contributed by atoms with Crippen LogP contribution in [0.1, 0.15) is 43.9 Å². The molecule has 0 spiro atoms. The zero-order valence-corrected chi connectivity index (χ0v) is 25.0. The predicted molar refractivity (Wildman–Crippen MR) is 162 cm³/mol. The third-order valence-corrected chi connectivity index (χ3v) is 13.0. The number of amides is 3. The highest BCUT2D eigenvalue weighted by atomic mass is 28.3. The first-order valence-electron chi connectivity index (χ1n) is 14.2. The van der Waals surface area contributed by atoms with Gasteiger partial charge in [-0.25, -0.2) is 4.79 Å². The van der Waals surface area contributed by atoms with E-state index >= 15 is 0 Å². The first-order valence-corrected chi connectivity index (χ1v) is 16.8. The van der Waals surface area contributed by atoms with Gasteiger partial charge in [0.05, 0.1) is 6.10 Å². The van der Waals surface area contributed by atoms with Crippen LogP contribution in [0.25, 0.3) is 10.8 Å². The lowest BCUT2D eigenvalue weighted by Gasteiger charge is -2.24. The number of urea groups is 1. The molecule has 0 aliphatic carbocycles. The lowest BCUT2D eigenvalue weighted by molar-refractivity contribution is -0.125. The van der Waals surface area contributed by atoms with Crippen molar-refractivity contribution in [2.45, 2.75) is 70.6 Å². The van der Waals surface area contributed by atoms with Crippen LogP contribution in [0, 0.1) is 11.5 Å². The Bertz CT molecular complexity index is 1370. The number of nitrogens with zero attached hydrogens (tertiary/aromatic N) is 2. The zero-order valence-electron chi connectivity index (χ0n) is 24.0. The number of rotatable bonds is 9. The van der Waals surface area contributed by atoms with Crippen LogP contribution in [-0.2, 0) is 22.6 Å². The van der Waals surface area contributed by atoms with Gasteiger partial charge in [-0.1, -0.05) is 57.0 Å². The van der Waals surface area contributed by atoms with Crippen LogP contribution in [0.3, 0.4) is 0 Å². The summed E-state index contributed by atoms with van der Waals surface area (Å²) in [6, 6.07) is 18.8. The van der Waals surface area contributed by atoms with Gasteiger partial charge < -0.3 is 20.3 Å². The van der Waals surface area contributed by atoms with Gasteiger partial charge in [-0.2, -0.15) is 0 Å². The standard InChI is InChI=1S/C32H40N4O3Si/c1-5-40(6-2,7-3)17-15-24-13-14-26-11-8-12-27(29(26)18-24)22-35-32(38)36-23-28(39-4)19-30(36)31(37)34-21-25-10-9-16-33-20-25/h8-14,16,18,20,28,30H,5-7,19,21-23H2,1-4H3,(H,34,37)(H,35,38)/t28-,30+/m1/s1. The van der Waals surface area contributed by atoms with E-state index in [1.165, 1.54) is 18.1 Å². The Kier molecular flexibility index (Phi) is 9.97. The fraction of sp³-hybridized carbons (Fsp3) is 0.406. The predicted octanol–water partition coefficient (Wildman–Crippen LogP) is 5.25. The van der Waals surface area contributed by atoms with Gasteiger partial charge in [-0.15, -0.1) is 5.54 Å². The highest BCUT2D eigenvalue weighted by Gasteiger charge is 2.39. The van der Waals surface area contributed by atoms with Crippen LogP contribution in [0.15, 0.2) is 60.9 Å². The largest absolute Gasteiger partial charge is 0.380 e. The Labute approximate surface area is 238 Å². The van der Waals surface area contributed by atoms with E-state index in [2.05, 4.69) is 72.1 Å². The van der Waals surface area contributed by atoms with Crippen molar-refractivity contribution in [1.29, 1.82) is 0 Å². The van der Waals surface area contributed by atoms with Crippen LogP contribution in [-0.4, -0.2) is 55.7 Å². The van der Waals surface area contributed by atoms with Crippen molar-refractivity contribution in [2.24, 2.45) is 0 Å². The minimum Gasteiger partial charge on any atom is -0.380 e. The lowest BCUT2D eigenvalue weighted by Crippen LogP contribution is -2.49. The summed E-state index contributed by atoms with van der Waals surface area (Å²) in [7, 11) is 0.0659. The molecule has 40 heavy (non-hydrogen) atoms. The van der Waals surface area contributed by atoms with Crippen molar-refractivity contribution in [3.05, 3.63) is 77.6 Å². The molecule has 1 saturated heterocycles. The Morgan fingerprint density at radius 1 is 1.05 bits per heavy atom. The van der Waals surface area contributed by atoms with E-state index in [-0.39, 0.29) is 18.0 Å². The summed E-state index contributed by atoms with van der Waals surface area (Å²) in [5.41, 5.74) is 6.60. The summed E-state index contributed by atoms with van der Waals surface area (Å²) in [5, 5.41) is 8.18. The van der Waals surface area contributed by atoms with E-state index in [4.69, 9.17) is 4.74 Å². The normalized spacial score (nSPS) is 16.9. The molecule has 3 amide bonds. The summed E-state index contributed by atoms with van der Waals surface area (Å²) in [6.07, 6.45) is 3.67. The van der Waals surface area contributed by atoms with Crippen molar-refractivity contribution >= 4 is 30.8 Å². The number of nitrogens with one attached hydrogen (secondary N) is 2. The number of carbonyl (C=O) groups excluding carboxylic acids is 2. The molecule has 1 aliphatic rings. The maximum Gasteiger partial charge on any atom is 0.318 e. The summed E-state index contributed by atoms with van der Waals surface area (Å²) in [6.45, 7) is 7.86. The van der Waals surface area contributed by atoms with Crippen LogP contribution in [0.5, 0.6) is 0 Å². The molecule has 0 radical (unpaired) electrons. The fourth-order valence-corrected chi connectivity index (χ4v) is 7.75. The van der Waals surface area contributed by atoms with Crippen molar-refractivity contribution < 1.29 is 14.3 Å². The van der Waals surface area contributed by atoms with Crippen LogP contribution < -0.4 is 10.6 Å². The molecule has 2 N–H and O–H groups in total. The Morgan fingerprint density at radius 3 is 2.55 bits per heavy atom. The van der Waals surface area contributed by atoms with Crippen molar-refractivity contribution in [3.8, 4) is 11.5 Å². The van der Waals surface area contributed by atoms with Gasteiger partial charge in [-0.05, 0) is 58.2 Å². The van der Waals surface area contributed by atoms with Gasteiger partial charge in [0.15, 0.2) is 0 Å². The topological polar surface area (TPSA) is 83.6 Å². The molecule has 0 bridgehead atoms. The number of hydrogen-bond acceptors (Lipinski definition) is 4. The number of pyridine rings is 1. The number of fused-ring (bicyclic) bond motifs is 1. The molecule has 1 aliphatic heterocycles. The van der Waals surface area contributed by atoms with E-state index in [1.807, 2.05) is 24.3 Å². The highest BCUT2D eigenvalue weighted by molar-refractivity contribution is 6.87. The van der Waals surface area contributed by atoms with Gasteiger partial charge in [0, 0.05) is 51.1 Å². The number of aromatic nitrogens is 1. The van der Waals surface area contributed by atoms with Crippen LogP contribution >= 0.6 is 0 Å². The van der Waals surface area contributed by atoms with Gasteiger partial charge in [-0.3, -0.25) is 9.78 Å². The molecule has 210 valence electrons. The van der Waals surface area contributed by atoms with E-state index in [0.717, 1.165) is 27.5 Å². The highest BCUT2D eigenvalue weighted by Crippen LogP contribution is 2.24. The summed E-state index contributed by atoms with van der Waals surface area (Å²) >= 11 is 0. The first kappa shape index (κ1) is 29.3. The molecule has 1 fully saturated rings. The molecule has 2 atom stereocenters. The smallest absolute Gasteiger partial charge is 0.318 e. The number of hydrogen-bond donors (Lipinski definition) is 2. The minimum absolute atomic E-state index is 0.191. The van der Waals surface area contributed by atoms with E-state index < -0.39 is 14.1 Å². The molecule has 7 nitrogen and oxygen atoms in total. The maximum atomic E-state index is 13.3. The molecule has 2 aromatic carbocycles.